The van der Waals surface area contributed by atoms with E-state index >= 15 is 0 Å². The van der Waals surface area contributed by atoms with E-state index < -0.39 is 0 Å². The molecule has 0 aromatic heterocycles. The summed E-state index contributed by atoms with van der Waals surface area (Å²) in [5.41, 5.74) is 5.38. The van der Waals surface area contributed by atoms with Gasteiger partial charge < -0.3 is 15.8 Å². The van der Waals surface area contributed by atoms with Crippen molar-refractivity contribution in [2.24, 2.45) is 5.73 Å². The van der Waals surface area contributed by atoms with Gasteiger partial charge in [-0.3, -0.25) is 9.69 Å². The summed E-state index contributed by atoms with van der Waals surface area (Å²) in [6.45, 7) is 4.11. The number of amides is 1. The van der Waals surface area contributed by atoms with E-state index in [1.165, 1.54) is 19.3 Å². The number of nitrogens with one attached hydrogen (secondary N) is 1. The number of nitrogens with two attached hydrogens (primary N) is 1. The average Bonchev–Trinajstić information content (AvgIpc) is 2.82. The molecule has 0 radical (unpaired) electrons. The fourth-order valence-corrected chi connectivity index (χ4v) is 2.71. The topological polar surface area (TPSA) is 67.6 Å². The molecule has 2 fully saturated rings. The molecular weight excluding hydrogens is 218 g/mol. The lowest BCUT2D eigenvalue weighted by Crippen LogP contribution is -2.52. The highest BCUT2D eigenvalue weighted by atomic mass is 16.5. The second-order valence-corrected chi connectivity index (χ2v) is 4.96. The molecule has 3 N–H and O–H groups in total. The number of primary amides is 1. The molecular formula is C12H23N3O2. The Morgan fingerprint density at radius 3 is 3.12 bits per heavy atom. The first-order chi connectivity index (χ1) is 8.27. The van der Waals surface area contributed by atoms with Gasteiger partial charge in [-0.2, -0.15) is 0 Å². The minimum Gasteiger partial charge on any atom is -0.378 e. The molecule has 2 aliphatic heterocycles. The van der Waals surface area contributed by atoms with Crippen LogP contribution in [0.15, 0.2) is 0 Å². The zero-order valence-electron chi connectivity index (χ0n) is 10.4. The lowest BCUT2D eigenvalue weighted by molar-refractivity contribution is -0.129. The van der Waals surface area contributed by atoms with Crippen LogP contribution in [0.4, 0.5) is 0 Å². The summed E-state index contributed by atoms with van der Waals surface area (Å²) >= 11 is 0. The van der Waals surface area contributed by atoms with Gasteiger partial charge in [0.25, 0.3) is 0 Å². The van der Waals surface area contributed by atoms with Crippen LogP contribution in [0.1, 0.15) is 25.7 Å². The molecule has 0 aromatic carbocycles. The fraction of sp³-hybridized carbons (Fsp3) is 0.917. The van der Waals surface area contributed by atoms with Crippen LogP contribution < -0.4 is 11.1 Å². The lowest BCUT2D eigenvalue weighted by Gasteiger charge is -2.33. The number of carbonyl (C=O) groups is 1. The first kappa shape index (κ1) is 12.8. The van der Waals surface area contributed by atoms with Gasteiger partial charge in [0.1, 0.15) is 6.04 Å². The highest BCUT2D eigenvalue weighted by Crippen LogP contribution is 2.13. The van der Waals surface area contributed by atoms with E-state index in [-0.39, 0.29) is 11.9 Å². The van der Waals surface area contributed by atoms with Crippen molar-refractivity contribution in [3.05, 3.63) is 0 Å². The van der Waals surface area contributed by atoms with E-state index in [2.05, 4.69) is 10.2 Å². The van der Waals surface area contributed by atoms with Crippen LogP contribution in [-0.2, 0) is 9.53 Å². The molecule has 98 valence electrons. The van der Waals surface area contributed by atoms with Crippen molar-refractivity contribution in [2.75, 3.05) is 32.8 Å². The van der Waals surface area contributed by atoms with Gasteiger partial charge in [0.2, 0.25) is 5.91 Å². The second-order valence-electron chi connectivity index (χ2n) is 4.96. The first-order valence-corrected chi connectivity index (χ1v) is 6.62. The SMILES string of the molecule is NC(=O)C1COCCN1CCCC1CCCN1. The Bertz CT molecular complexity index is 254. The van der Waals surface area contributed by atoms with Crippen LogP contribution in [-0.4, -0.2) is 55.7 Å². The smallest absolute Gasteiger partial charge is 0.237 e. The molecule has 2 unspecified atom stereocenters. The van der Waals surface area contributed by atoms with Crippen molar-refractivity contribution in [3.8, 4) is 0 Å². The van der Waals surface area contributed by atoms with E-state index in [0.717, 1.165) is 26.1 Å². The van der Waals surface area contributed by atoms with Gasteiger partial charge in [0.15, 0.2) is 0 Å². The Morgan fingerprint density at radius 1 is 1.53 bits per heavy atom. The van der Waals surface area contributed by atoms with Gasteiger partial charge in [-0.05, 0) is 38.8 Å². The molecule has 0 aromatic rings. The third kappa shape index (κ3) is 3.66. The molecule has 5 heteroatoms. The second kappa shape index (κ2) is 6.33. The van der Waals surface area contributed by atoms with E-state index in [1.54, 1.807) is 0 Å². The van der Waals surface area contributed by atoms with Crippen molar-refractivity contribution < 1.29 is 9.53 Å². The number of morpholine rings is 1. The summed E-state index contributed by atoms with van der Waals surface area (Å²) in [4.78, 5) is 13.4. The standard InChI is InChI=1S/C12H23N3O2/c13-12(16)11-9-17-8-7-15(11)6-2-4-10-3-1-5-14-10/h10-11,14H,1-9H2,(H2,13,16). The van der Waals surface area contributed by atoms with Crippen molar-refractivity contribution in [2.45, 2.75) is 37.8 Å². The number of hydrogen-bond donors (Lipinski definition) is 2. The predicted molar refractivity (Wildman–Crippen MR) is 65.6 cm³/mol. The lowest BCUT2D eigenvalue weighted by atomic mass is 10.1. The van der Waals surface area contributed by atoms with Crippen LogP contribution >= 0.6 is 0 Å². The molecule has 2 heterocycles. The molecule has 2 saturated heterocycles. The van der Waals surface area contributed by atoms with Gasteiger partial charge in [0, 0.05) is 12.6 Å². The van der Waals surface area contributed by atoms with E-state index in [4.69, 9.17) is 10.5 Å². The fourth-order valence-electron chi connectivity index (χ4n) is 2.71. The van der Waals surface area contributed by atoms with Gasteiger partial charge in [0.05, 0.1) is 13.2 Å². The Labute approximate surface area is 103 Å². The maximum atomic E-state index is 11.3. The summed E-state index contributed by atoms with van der Waals surface area (Å²) in [5, 5.41) is 3.49. The highest BCUT2D eigenvalue weighted by molar-refractivity contribution is 5.80. The Kier molecular flexibility index (Phi) is 4.76. The minimum absolute atomic E-state index is 0.222. The van der Waals surface area contributed by atoms with Crippen molar-refractivity contribution in [1.82, 2.24) is 10.2 Å². The Morgan fingerprint density at radius 2 is 2.41 bits per heavy atom. The van der Waals surface area contributed by atoms with Gasteiger partial charge in [-0.1, -0.05) is 0 Å². The molecule has 17 heavy (non-hydrogen) atoms. The Balaban J connectivity index is 1.70. The Hall–Kier alpha value is -0.650. The molecule has 5 nitrogen and oxygen atoms in total. The summed E-state index contributed by atoms with van der Waals surface area (Å²) in [6, 6.07) is 0.461. The van der Waals surface area contributed by atoms with Gasteiger partial charge in [-0.25, -0.2) is 0 Å². The quantitative estimate of drug-likeness (QED) is 0.694. The average molecular weight is 241 g/mol. The van der Waals surface area contributed by atoms with Crippen LogP contribution in [0.3, 0.4) is 0 Å². The number of rotatable bonds is 5. The monoisotopic (exact) mass is 241 g/mol. The van der Waals surface area contributed by atoms with Crippen molar-refractivity contribution >= 4 is 5.91 Å². The molecule has 0 spiro atoms. The summed E-state index contributed by atoms with van der Waals surface area (Å²) in [6.07, 6.45) is 4.92. The molecule has 1 amide bonds. The number of carbonyl (C=O) groups excluding carboxylic acids is 1. The number of hydrogen-bond acceptors (Lipinski definition) is 4. The number of nitrogens with zero attached hydrogens (tertiary/aromatic N) is 1. The van der Waals surface area contributed by atoms with Gasteiger partial charge in [-0.15, -0.1) is 0 Å². The molecule has 2 rings (SSSR count). The first-order valence-electron chi connectivity index (χ1n) is 6.62. The third-order valence-electron chi connectivity index (χ3n) is 3.73. The molecule has 2 atom stereocenters. The van der Waals surface area contributed by atoms with E-state index in [0.29, 0.717) is 19.3 Å². The minimum atomic E-state index is -0.260. The van der Waals surface area contributed by atoms with Crippen LogP contribution in [0, 0.1) is 0 Å². The van der Waals surface area contributed by atoms with Crippen LogP contribution in [0.25, 0.3) is 0 Å². The maximum absolute atomic E-state index is 11.3. The molecule has 0 saturated carbocycles. The summed E-state index contributed by atoms with van der Waals surface area (Å²) < 4.78 is 5.30. The zero-order chi connectivity index (χ0) is 12.1. The zero-order valence-corrected chi connectivity index (χ0v) is 10.4. The number of ether oxygens (including phenoxy) is 1. The van der Waals surface area contributed by atoms with E-state index in [9.17, 15) is 4.79 Å². The third-order valence-corrected chi connectivity index (χ3v) is 3.73. The van der Waals surface area contributed by atoms with Crippen LogP contribution in [0.2, 0.25) is 0 Å². The van der Waals surface area contributed by atoms with E-state index in [1.807, 2.05) is 0 Å². The van der Waals surface area contributed by atoms with Gasteiger partial charge >= 0.3 is 0 Å². The normalized spacial score (nSPS) is 30.6. The summed E-state index contributed by atoms with van der Waals surface area (Å²) in [5.74, 6) is -0.260. The largest absolute Gasteiger partial charge is 0.378 e. The summed E-state index contributed by atoms with van der Waals surface area (Å²) in [7, 11) is 0. The van der Waals surface area contributed by atoms with Crippen molar-refractivity contribution in [3.63, 3.8) is 0 Å². The van der Waals surface area contributed by atoms with Crippen molar-refractivity contribution in [1.29, 1.82) is 0 Å². The highest BCUT2D eigenvalue weighted by Gasteiger charge is 2.27. The predicted octanol–water partition coefficient (Wildman–Crippen LogP) is -0.295. The van der Waals surface area contributed by atoms with Crippen LogP contribution in [0.5, 0.6) is 0 Å². The molecule has 0 aliphatic carbocycles. The molecule has 2 aliphatic rings. The maximum Gasteiger partial charge on any atom is 0.237 e. The molecule has 0 bridgehead atoms.